The number of aliphatic hydroxyl groups is 1. The SMILES string of the molecule is O=c1cc(CN(CCO)C2CCCC2)nc2nc[nH]n12. The number of rotatable bonds is 5. The quantitative estimate of drug-likeness (QED) is 0.812. The van der Waals surface area contributed by atoms with Crippen LogP contribution >= 0.6 is 0 Å². The molecule has 2 aromatic heterocycles. The van der Waals surface area contributed by atoms with E-state index in [4.69, 9.17) is 0 Å². The van der Waals surface area contributed by atoms with E-state index >= 15 is 0 Å². The minimum absolute atomic E-state index is 0.125. The number of hydrogen-bond acceptors (Lipinski definition) is 5. The molecule has 0 unspecified atom stereocenters. The van der Waals surface area contributed by atoms with E-state index in [-0.39, 0.29) is 12.2 Å². The molecule has 7 heteroatoms. The summed E-state index contributed by atoms with van der Waals surface area (Å²) in [6, 6.07) is 2.02. The van der Waals surface area contributed by atoms with E-state index in [0.717, 1.165) is 12.8 Å². The Morgan fingerprint density at radius 2 is 2.25 bits per heavy atom. The molecule has 1 fully saturated rings. The van der Waals surface area contributed by atoms with Crippen molar-refractivity contribution in [1.29, 1.82) is 0 Å². The molecule has 0 spiro atoms. The standard InChI is InChI=1S/C13H19N5O2/c19-6-5-17(11-3-1-2-4-11)8-10-7-12(20)18-13(16-10)14-9-15-18/h7,9,11,19H,1-6,8H2,(H,14,15,16). The molecule has 1 aliphatic carbocycles. The molecule has 7 nitrogen and oxygen atoms in total. The Hall–Kier alpha value is -1.73. The van der Waals surface area contributed by atoms with Crippen molar-refractivity contribution in [3.05, 3.63) is 28.4 Å². The summed E-state index contributed by atoms with van der Waals surface area (Å²) in [5.74, 6) is 0.392. The lowest BCUT2D eigenvalue weighted by Crippen LogP contribution is -2.35. The lowest BCUT2D eigenvalue weighted by molar-refractivity contribution is 0.143. The lowest BCUT2D eigenvalue weighted by Gasteiger charge is -2.27. The zero-order valence-electron chi connectivity index (χ0n) is 11.3. The van der Waals surface area contributed by atoms with Crippen LogP contribution in [0, 0.1) is 0 Å². The second kappa shape index (κ2) is 5.72. The van der Waals surface area contributed by atoms with Crippen LogP contribution in [0.2, 0.25) is 0 Å². The molecule has 1 aliphatic rings. The van der Waals surface area contributed by atoms with Crippen molar-refractivity contribution >= 4 is 5.78 Å². The van der Waals surface area contributed by atoms with Crippen LogP contribution in [0.5, 0.6) is 0 Å². The average molecular weight is 277 g/mol. The first kappa shape index (κ1) is 13.3. The molecule has 0 aromatic carbocycles. The molecular formula is C13H19N5O2. The van der Waals surface area contributed by atoms with Gasteiger partial charge < -0.3 is 5.11 Å². The van der Waals surface area contributed by atoms with Crippen molar-refractivity contribution in [2.45, 2.75) is 38.3 Å². The lowest BCUT2D eigenvalue weighted by atomic mass is 10.2. The minimum Gasteiger partial charge on any atom is -0.395 e. The molecule has 3 rings (SSSR count). The fourth-order valence-electron chi connectivity index (χ4n) is 2.95. The highest BCUT2D eigenvalue weighted by Gasteiger charge is 2.22. The maximum absolute atomic E-state index is 11.9. The van der Waals surface area contributed by atoms with Gasteiger partial charge in [-0.15, -0.1) is 0 Å². The van der Waals surface area contributed by atoms with Crippen molar-refractivity contribution in [2.24, 2.45) is 0 Å². The Kier molecular flexibility index (Phi) is 3.79. The van der Waals surface area contributed by atoms with Gasteiger partial charge in [0.2, 0.25) is 0 Å². The highest BCUT2D eigenvalue weighted by molar-refractivity contribution is 5.26. The van der Waals surface area contributed by atoms with E-state index in [1.54, 1.807) is 0 Å². The average Bonchev–Trinajstić information content (AvgIpc) is 3.09. The van der Waals surface area contributed by atoms with E-state index in [0.29, 0.717) is 30.6 Å². The first-order valence-corrected chi connectivity index (χ1v) is 7.05. The van der Waals surface area contributed by atoms with Gasteiger partial charge in [-0.2, -0.15) is 4.52 Å². The van der Waals surface area contributed by atoms with Gasteiger partial charge in [-0.3, -0.25) is 14.8 Å². The van der Waals surface area contributed by atoms with E-state index in [9.17, 15) is 9.90 Å². The van der Waals surface area contributed by atoms with Gasteiger partial charge in [0.15, 0.2) is 0 Å². The van der Waals surface area contributed by atoms with Crippen molar-refractivity contribution in [3.63, 3.8) is 0 Å². The van der Waals surface area contributed by atoms with Crippen LogP contribution in [-0.2, 0) is 6.54 Å². The van der Waals surface area contributed by atoms with E-state index < -0.39 is 0 Å². The van der Waals surface area contributed by atoms with E-state index in [1.165, 1.54) is 29.8 Å². The molecule has 20 heavy (non-hydrogen) atoms. The van der Waals surface area contributed by atoms with E-state index in [2.05, 4.69) is 20.0 Å². The second-order valence-corrected chi connectivity index (χ2v) is 5.24. The topological polar surface area (TPSA) is 86.5 Å². The molecule has 1 saturated carbocycles. The number of nitrogens with one attached hydrogen (secondary N) is 1. The highest BCUT2D eigenvalue weighted by atomic mass is 16.3. The molecule has 2 aromatic rings. The number of aromatic nitrogens is 4. The van der Waals surface area contributed by atoms with E-state index in [1.807, 2.05) is 0 Å². The summed E-state index contributed by atoms with van der Waals surface area (Å²) in [6.07, 6.45) is 6.24. The van der Waals surface area contributed by atoms with Gasteiger partial charge in [-0.1, -0.05) is 12.8 Å². The molecule has 0 bridgehead atoms. The number of aliphatic hydroxyl groups excluding tert-OH is 1. The highest BCUT2D eigenvalue weighted by Crippen LogP contribution is 2.24. The van der Waals surface area contributed by atoms with Gasteiger partial charge in [0.05, 0.1) is 12.3 Å². The third-order valence-electron chi connectivity index (χ3n) is 3.91. The fraction of sp³-hybridized carbons (Fsp3) is 0.615. The molecule has 0 amide bonds. The van der Waals surface area contributed by atoms with Crippen molar-refractivity contribution in [3.8, 4) is 0 Å². The van der Waals surface area contributed by atoms with Crippen LogP contribution in [0.4, 0.5) is 0 Å². The maximum Gasteiger partial charge on any atom is 0.274 e. The molecule has 0 saturated heterocycles. The summed E-state index contributed by atoms with van der Waals surface area (Å²) >= 11 is 0. The number of aromatic amines is 1. The molecule has 0 radical (unpaired) electrons. The molecule has 2 N–H and O–H groups in total. The van der Waals surface area contributed by atoms with Crippen molar-refractivity contribution in [1.82, 2.24) is 24.5 Å². The summed E-state index contributed by atoms with van der Waals surface area (Å²) in [6.45, 7) is 1.33. The van der Waals surface area contributed by atoms with Crippen molar-refractivity contribution in [2.75, 3.05) is 13.2 Å². The van der Waals surface area contributed by atoms with Gasteiger partial charge in [-0.25, -0.2) is 9.97 Å². The Bertz CT molecular complexity index is 629. The molecule has 0 atom stereocenters. The third-order valence-corrected chi connectivity index (χ3v) is 3.91. The second-order valence-electron chi connectivity index (χ2n) is 5.24. The van der Waals surface area contributed by atoms with Gasteiger partial charge >= 0.3 is 0 Å². The first-order valence-electron chi connectivity index (χ1n) is 7.05. The monoisotopic (exact) mass is 277 g/mol. The summed E-state index contributed by atoms with van der Waals surface area (Å²) in [5.41, 5.74) is 0.556. The first-order chi connectivity index (χ1) is 9.78. The van der Waals surface area contributed by atoms with Crippen LogP contribution in [0.3, 0.4) is 0 Å². The number of hydrogen-bond donors (Lipinski definition) is 2. The van der Waals surface area contributed by atoms with Crippen LogP contribution in [0.25, 0.3) is 5.78 Å². The zero-order valence-corrected chi connectivity index (χ0v) is 11.3. The predicted molar refractivity (Wildman–Crippen MR) is 73.4 cm³/mol. The normalized spacial score (nSPS) is 16.5. The third kappa shape index (κ3) is 2.59. The largest absolute Gasteiger partial charge is 0.395 e. The van der Waals surface area contributed by atoms with Gasteiger partial charge in [0.25, 0.3) is 11.3 Å². The molecular weight excluding hydrogens is 258 g/mol. The Balaban J connectivity index is 1.83. The van der Waals surface area contributed by atoms with Gasteiger partial charge in [0, 0.05) is 25.2 Å². The Labute approximate surface area is 116 Å². The predicted octanol–water partition coefficient (Wildman–Crippen LogP) is 0.154. The van der Waals surface area contributed by atoms with Crippen LogP contribution in [0.1, 0.15) is 31.4 Å². The number of H-pyrrole nitrogens is 1. The smallest absolute Gasteiger partial charge is 0.274 e. The summed E-state index contributed by atoms with van der Waals surface area (Å²) in [5, 5.41) is 11.9. The fourth-order valence-corrected chi connectivity index (χ4v) is 2.95. The maximum atomic E-state index is 11.9. The number of nitrogens with zero attached hydrogens (tertiary/aromatic N) is 4. The zero-order chi connectivity index (χ0) is 13.9. The summed E-state index contributed by atoms with van der Waals surface area (Å²) in [4.78, 5) is 22.5. The Morgan fingerprint density at radius 1 is 1.45 bits per heavy atom. The van der Waals surface area contributed by atoms with Crippen LogP contribution in [-0.4, -0.2) is 48.8 Å². The molecule has 2 heterocycles. The molecule has 108 valence electrons. The van der Waals surface area contributed by atoms with Crippen LogP contribution < -0.4 is 5.56 Å². The van der Waals surface area contributed by atoms with Gasteiger partial charge in [0.1, 0.15) is 6.33 Å². The van der Waals surface area contributed by atoms with Crippen molar-refractivity contribution < 1.29 is 5.11 Å². The summed E-state index contributed by atoms with van der Waals surface area (Å²) in [7, 11) is 0. The van der Waals surface area contributed by atoms with Gasteiger partial charge in [-0.05, 0) is 12.8 Å². The molecule has 0 aliphatic heterocycles. The number of fused-ring (bicyclic) bond motifs is 1. The summed E-state index contributed by atoms with van der Waals surface area (Å²) < 4.78 is 1.31. The minimum atomic E-state index is -0.155. The Morgan fingerprint density at radius 3 is 3.00 bits per heavy atom. The van der Waals surface area contributed by atoms with Crippen LogP contribution in [0.15, 0.2) is 17.2 Å².